The minimum absolute atomic E-state index is 0.472. The van der Waals surface area contributed by atoms with Crippen LogP contribution in [0, 0.1) is 6.92 Å². The van der Waals surface area contributed by atoms with Crippen molar-refractivity contribution < 1.29 is 0 Å². The first kappa shape index (κ1) is 14.3. The van der Waals surface area contributed by atoms with Crippen LogP contribution in [0.25, 0.3) is 0 Å². The summed E-state index contributed by atoms with van der Waals surface area (Å²) in [5.41, 5.74) is 2.49. The maximum absolute atomic E-state index is 4.51. The van der Waals surface area contributed by atoms with Gasteiger partial charge in [0.1, 0.15) is 5.01 Å². The molecule has 1 atom stereocenters. The summed E-state index contributed by atoms with van der Waals surface area (Å²) in [6.07, 6.45) is 6.70. The largest absolute Gasteiger partial charge is 0.347 e. The molecule has 0 radical (unpaired) electrons. The predicted molar refractivity (Wildman–Crippen MR) is 81.7 cm³/mol. The third-order valence-corrected chi connectivity index (χ3v) is 4.16. The average molecular weight is 277 g/mol. The first-order valence-corrected chi connectivity index (χ1v) is 7.91. The topological polar surface area (TPSA) is 29.9 Å². The first-order chi connectivity index (χ1) is 9.22. The molecular formula is C15H23N3S. The Kier molecular flexibility index (Phi) is 5.16. The zero-order valence-corrected chi connectivity index (χ0v) is 12.8. The molecule has 2 heterocycles. The van der Waals surface area contributed by atoms with Crippen LogP contribution >= 0.6 is 11.3 Å². The molecule has 0 aliphatic carbocycles. The number of hydrogen-bond donors (Lipinski definition) is 1. The summed E-state index contributed by atoms with van der Waals surface area (Å²) in [6.45, 7) is 8.44. The number of aryl methyl sites for hydroxylation is 1. The third-order valence-electron chi connectivity index (χ3n) is 3.21. The van der Waals surface area contributed by atoms with Gasteiger partial charge >= 0.3 is 0 Å². The van der Waals surface area contributed by atoms with E-state index in [2.05, 4.69) is 52.6 Å². The lowest BCUT2D eigenvalue weighted by molar-refractivity contribution is 0.517. The third kappa shape index (κ3) is 3.91. The highest BCUT2D eigenvalue weighted by Gasteiger charge is 2.10. The predicted octanol–water partition coefficient (Wildman–Crippen LogP) is 3.75. The average Bonchev–Trinajstić information content (AvgIpc) is 3.01. The summed E-state index contributed by atoms with van der Waals surface area (Å²) in [7, 11) is 0. The summed E-state index contributed by atoms with van der Waals surface area (Å²) in [6, 6.07) is 2.69. The van der Waals surface area contributed by atoms with Crippen molar-refractivity contribution in [2.45, 2.75) is 46.2 Å². The van der Waals surface area contributed by atoms with Gasteiger partial charge in [-0.3, -0.25) is 0 Å². The van der Waals surface area contributed by atoms with Gasteiger partial charge < -0.3 is 9.88 Å². The van der Waals surface area contributed by atoms with E-state index in [1.807, 2.05) is 6.92 Å². The lowest BCUT2D eigenvalue weighted by atomic mass is 10.1. The molecule has 1 unspecified atom stereocenters. The van der Waals surface area contributed by atoms with Gasteiger partial charge in [-0.05, 0) is 37.9 Å². The minimum Gasteiger partial charge on any atom is -0.347 e. The van der Waals surface area contributed by atoms with E-state index in [-0.39, 0.29) is 0 Å². The SMILES string of the molecule is CCCNC(CC)c1ccn(Cc2nc(C)cs2)c1. The summed E-state index contributed by atoms with van der Waals surface area (Å²) >= 11 is 1.73. The van der Waals surface area contributed by atoms with Gasteiger partial charge in [0, 0.05) is 29.5 Å². The van der Waals surface area contributed by atoms with E-state index in [0.29, 0.717) is 6.04 Å². The van der Waals surface area contributed by atoms with E-state index in [0.717, 1.165) is 25.2 Å². The molecule has 4 heteroatoms. The molecule has 0 bridgehead atoms. The monoisotopic (exact) mass is 277 g/mol. The Bertz CT molecular complexity index is 501. The van der Waals surface area contributed by atoms with Crippen molar-refractivity contribution in [1.82, 2.24) is 14.9 Å². The summed E-state index contributed by atoms with van der Waals surface area (Å²) in [5, 5.41) is 6.87. The molecule has 1 N–H and O–H groups in total. The molecule has 0 fully saturated rings. The van der Waals surface area contributed by atoms with E-state index >= 15 is 0 Å². The fraction of sp³-hybridized carbons (Fsp3) is 0.533. The molecular weight excluding hydrogens is 254 g/mol. The smallest absolute Gasteiger partial charge is 0.113 e. The van der Waals surface area contributed by atoms with Gasteiger partial charge in [0.25, 0.3) is 0 Å². The number of aromatic nitrogens is 2. The van der Waals surface area contributed by atoms with Crippen LogP contribution in [-0.4, -0.2) is 16.1 Å². The molecule has 0 aromatic carbocycles. The maximum Gasteiger partial charge on any atom is 0.113 e. The van der Waals surface area contributed by atoms with Gasteiger partial charge in [-0.2, -0.15) is 0 Å². The Morgan fingerprint density at radius 1 is 1.42 bits per heavy atom. The minimum atomic E-state index is 0.472. The Morgan fingerprint density at radius 3 is 2.89 bits per heavy atom. The molecule has 104 valence electrons. The van der Waals surface area contributed by atoms with Crippen LogP contribution in [0.3, 0.4) is 0 Å². The fourth-order valence-electron chi connectivity index (χ4n) is 2.21. The van der Waals surface area contributed by atoms with Crippen LogP contribution in [0.15, 0.2) is 23.8 Å². The van der Waals surface area contributed by atoms with Crippen LogP contribution in [0.5, 0.6) is 0 Å². The Labute approximate surface area is 119 Å². The van der Waals surface area contributed by atoms with Gasteiger partial charge in [-0.15, -0.1) is 11.3 Å². The van der Waals surface area contributed by atoms with Gasteiger partial charge in [-0.25, -0.2) is 4.98 Å². The molecule has 0 aliphatic heterocycles. The van der Waals surface area contributed by atoms with E-state index in [4.69, 9.17) is 0 Å². The summed E-state index contributed by atoms with van der Waals surface area (Å²) in [4.78, 5) is 4.51. The molecule has 0 saturated carbocycles. The molecule has 2 aromatic heterocycles. The summed E-state index contributed by atoms with van der Waals surface area (Å²) in [5.74, 6) is 0. The number of rotatable bonds is 7. The van der Waals surface area contributed by atoms with Crippen molar-refractivity contribution in [3.63, 3.8) is 0 Å². The van der Waals surface area contributed by atoms with Crippen molar-refractivity contribution in [1.29, 1.82) is 0 Å². The maximum atomic E-state index is 4.51. The van der Waals surface area contributed by atoms with Crippen molar-refractivity contribution in [2.75, 3.05) is 6.54 Å². The van der Waals surface area contributed by atoms with E-state index in [1.165, 1.54) is 17.0 Å². The highest BCUT2D eigenvalue weighted by Crippen LogP contribution is 2.18. The molecule has 2 aromatic rings. The molecule has 0 saturated heterocycles. The van der Waals surface area contributed by atoms with Gasteiger partial charge in [0.2, 0.25) is 0 Å². The zero-order valence-electron chi connectivity index (χ0n) is 12.0. The van der Waals surface area contributed by atoms with Crippen molar-refractivity contribution in [3.05, 3.63) is 40.1 Å². The first-order valence-electron chi connectivity index (χ1n) is 7.03. The highest BCUT2D eigenvalue weighted by molar-refractivity contribution is 7.09. The lowest BCUT2D eigenvalue weighted by Gasteiger charge is -2.14. The van der Waals surface area contributed by atoms with Crippen LogP contribution in [0.1, 0.15) is 49.0 Å². The van der Waals surface area contributed by atoms with Gasteiger partial charge in [0.05, 0.1) is 6.54 Å². The van der Waals surface area contributed by atoms with Crippen molar-refractivity contribution in [2.24, 2.45) is 0 Å². The van der Waals surface area contributed by atoms with E-state index in [1.54, 1.807) is 11.3 Å². The normalized spacial score (nSPS) is 12.8. The second-order valence-corrected chi connectivity index (χ2v) is 5.86. The molecule has 3 nitrogen and oxygen atoms in total. The Balaban J connectivity index is 2.01. The number of thiazole rings is 1. The second kappa shape index (κ2) is 6.87. The number of nitrogens with zero attached hydrogens (tertiary/aromatic N) is 2. The summed E-state index contributed by atoms with van der Waals surface area (Å²) < 4.78 is 2.23. The highest BCUT2D eigenvalue weighted by atomic mass is 32.1. The van der Waals surface area contributed by atoms with Crippen LogP contribution in [0.4, 0.5) is 0 Å². The Morgan fingerprint density at radius 2 is 2.26 bits per heavy atom. The number of hydrogen-bond acceptors (Lipinski definition) is 3. The zero-order chi connectivity index (χ0) is 13.7. The van der Waals surface area contributed by atoms with Crippen LogP contribution < -0.4 is 5.32 Å². The quantitative estimate of drug-likeness (QED) is 0.835. The molecule has 0 aliphatic rings. The molecule has 0 spiro atoms. The van der Waals surface area contributed by atoms with E-state index in [9.17, 15) is 0 Å². The molecule has 2 rings (SSSR count). The molecule has 0 amide bonds. The lowest BCUT2D eigenvalue weighted by Crippen LogP contribution is -2.21. The standard InChI is InChI=1S/C15H23N3S/c1-4-7-16-14(5-2)13-6-8-18(9-13)10-15-17-12(3)11-19-15/h6,8-9,11,14,16H,4-5,7,10H2,1-3H3. The van der Waals surface area contributed by atoms with Crippen LogP contribution in [-0.2, 0) is 6.54 Å². The number of nitrogens with one attached hydrogen (secondary N) is 1. The Hall–Kier alpha value is -1.13. The fourth-order valence-corrected chi connectivity index (χ4v) is 2.99. The van der Waals surface area contributed by atoms with Crippen molar-refractivity contribution >= 4 is 11.3 Å². The van der Waals surface area contributed by atoms with Crippen molar-refractivity contribution in [3.8, 4) is 0 Å². The van der Waals surface area contributed by atoms with E-state index < -0.39 is 0 Å². The molecule has 19 heavy (non-hydrogen) atoms. The van der Waals surface area contributed by atoms with Crippen LogP contribution in [0.2, 0.25) is 0 Å². The second-order valence-electron chi connectivity index (χ2n) is 4.91. The van der Waals surface area contributed by atoms with Gasteiger partial charge in [-0.1, -0.05) is 13.8 Å². The van der Waals surface area contributed by atoms with Gasteiger partial charge in [0.15, 0.2) is 0 Å².